The molecule has 0 aliphatic rings. The second kappa shape index (κ2) is 6.04. The Morgan fingerprint density at radius 2 is 1.92 bits per heavy atom. The van der Waals surface area contributed by atoms with Gasteiger partial charge in [0.2, 0.25) is 0 Å². The molecule has 1 atom stereocenters. The molecule has 0 amide bonds. The predicted octanol–water partition coefficient (Wildman–Crippen LogP) is 2.76. The molecule has 0 fully saturated rings. The summed E-state index contributed by atoms with van der Waals surface area (Å²) in [5.74, 6) is 0.528. The second-order valence-electron chi connectivity index (χ2n) is 3.61. The number of rotatable bonds is 5. The minimum Gasteiger partial charge on any atom is -0.463 e. The highest BCUT2D eigenvalue weighted by molar-refractivity contribution is 5.66. The van der Waals surface area contributed by atoms with Crippen LogP contribution in [0.3, 0.4) is 0 Å². The monoisotopic (exact) mass is 172 g/mol. The van der Waals surface area contributed by atoms with Crippen LogP contribution in [0, 0.1) is 5.92 Å². The Morgan fingerprint density at radius 1 is 1.33 bits per heavy atom. The molecule has 0 heterocycles. The smallest absolute Gasteiger partial charge is 0.302 e. The van der Waals surface area contributed by atoms with E-state index >= 15 is 0 Å². The third kappa shape index (κ3) is 6.20. The first-order valence-electron chi connectivity index (χ1n) is 4.73. The Kier molecular flexibility index (Phi) is 5.77. The molecular weight excluding hydrogens is 152 g/mol. The molecule has 72 valence electrons. The van der Waals surface area contributed by atoms with Crippen LogP contribution in [0.5, 0.6) is 0 Å². The van der Waals surface area contributed by atoms with Gasteiger partial charge in [-0.3, -0.25) is 4.79 Å². The van der Waals surface area contributed by atoms with Crippen molar-refractivity contribution in [1.29, 1.82) is 0 Å². The first-order valence-corrected chi connectivity index (χ1v) is 4.73. The molecule has 2 heteroatoms. The van der Waals surface area contributed by atoms with Crippen LogP contribution in [-0.4, -0.2) is 12.1 Å². The van der Waals surface area contributed by atoms with E-state index in [1.54, 1.807) is 0 Å². The Bertz CT molecular complexity index is 130. The van der Waals surface area contributed by atoms with Gasteiger partial charge in [-0.2, -0.15) is 0 Å². The van der Waals surface area contributed by atoms with Crippen molar-refractivity contribution in [3.63, 3.8) is 0 Å². The largest absolute Gasteiger partial charge is 0.463 e. The Hall–Kier alpha value is -0.530. The first-order chi connectivity index (χ1) is 5.56. The lowest BCUT2D eigenvalue weighted by molar-refractivity contribution is -0.146. The fourth-order valence-electron chi connectivity index (χ4n) is 1.10. The van der Waals surface area contributed by atoms with Crippen LogP contribution in [0.1, 0.15) is 47.0 Å². The third-order valence-electron chi connectivity index (χ3n) is 1.85. The zero-order chi connectivity index (χ0) is 9.56. The van der Waals surface area contributed by atoms with Gasteiger partial charge in [0.1, 0.15) is 6.10 Å². The number of hydrogen-bond donors (Lipinski definition) is 0. The third-order valence-corrected chi connectivity index (χ3v) is 1.85. The molecular formula is C10H20O2. The summed E-state index contributed by atoms with van der Waals surface area (Å²) in [5.41, 5.74) is 0. The molecule has 0 aromatic carbocycles. The van der Waals surface area contributed by atoms with E-state index in [1.807, 2.05) is 6.92 Å². The molecule has 0 saturated heterocycles. The maximum absolute atomic E-state index is 10.6. The lowest BCUT2D eigenvalue weighted by Gasteiger charge is -2.15. The molecule has 0 aromatic rings. The molecule has 12 heavy (non-hydrogen) atoms. The van der Waals surface area contributed by atoms with Crippen LogP contribution in [0.4, 0.5) is 0 Å². The van der Waals surface area contributed by atoms with E-state index in [1.165, 1.54) is 6.92 Å². The van der Waals surface area contributed by atoms with Crippen LogP contribution in [0.25, 0.3) is 0 Å². The molecule has 0 aliphatic carbocycles. The van der Waals surface area contributed by atoms with Gasteiger partial charge in [0, 0.05) is 6.92 Å². The Labute approximate surface area is 75.3 Å². The number of hydrogen-bond acceptors (Lipinski definition) is 2. The topological polar surface area (TPSA) is 26.3 Å². The van der Waals surface area contributed by atoms with E-state index in [9.17, 15) is 4.79 Å². The van der Waals surface area contributed by atoms with Gasteiger partial charge in [0.05, 0.1) is 0 Å². The van der Waals surface area contributed by atoms with E-state index in [-0.39, 0.29) is 12.1 Å². The van der Waals surface area contributed by atoms with E-state index in [0.717, 1.165) is 19.3 Å². The standard InChI is InChI=1S/C10H20O2/c1-5-10(12-9(4)11)7-6-8(2)3/h8,10H,5-7H2,1-4H3. The Balaban J connectivity index is 3.60. The van der Waals surface area contributed by atoms with Gasteiger partial charge in [-0.15, -0.1) is 0 Å². The maximum Gasteiger partial charge on any atom is 0.302 e. The van der Waals surface area contributed by atoms with Crippen LogP contribution in [-0.2, 0) is 9.53 Å². The highest BCUT2D eigenvalue weighted by atomic mass is 16.5. The SMILES string of the molecule is CCC(CCC(C)C)OC(C)=O. The van der Waals surface area contributed by atoms with Gasteiger partial charge in [0.15, 0.2) is 0 Å². The number of esters is 1. The predicted molar refractivity (Wildman–Crippen MR) is 49.9 cm³/mol. The van der Waals surface area contributed by atoms with Crippen LogP contribution in [0.2, 0.25) is 0 Å². The van der Waals surface area contributed by atoms with Crippen molar-refractivity contribution in [2.45, 2.75) is 53.1 Å². The highest BCUT2D eigenvalue weighted by Crippen LogP contribution is 2.11. The van der Waals surface area contributed by atoms with Gasteiger partial charge in [-0.25, -0.2) is 0 Å². The van der Waals surface area contributed by atoms with Crippen molar-refractivity contribution in [2.24, 2.45) is 5.92 Å². The average Bonchev–Trinajstić information content (AvgIpc) is 1.97. The zero-order valence-corrected chi connectivity index (χ0v) is 8.59. The summed E-state index contributed by atoms with van der Waals surface area (Å²) < 4.78 is 5.11. The van der Waals surface area contributed by atoms with Crippen molar-refractivity contribution in [2.75, 3.05) is 0 Å². The summed E-state index contributed by atoms with van der Waals surface area (Å²) in [6.07, 6.45) is 3.18. The molecule has 0 radical (unpaired) electrons. The second-order valence-corrected chi connectivity index (χ2v) is 3.61. The molecule has 0 spiro atoms. The molecule has 0 aromatic heterocycles. The van der Waals surface area contributed by atoms with Crippen LogP contribution < -0.4 is 0 Å². The summed E-state index contributed by atoms with van der Waals surface area (Å²) in [7, 11) is 0. The van der Waals surface area contributed by atoms with Crippen LogP contribution in [0.15, 0.2) is 0 Å². The van der Waals surface area contributed by atoms with Crippen molar-refractivity contribution in [1.82, 2.24) is 0 Å². The minimum atomic E-state index is -0.161. The molecule has 0 bridgehead atoms. The lowest BCUT2D eigenvalue weighted by Crippen LogP contribution is -2.15. The highest BCUT2D eigenvalue weighted by Gasteiger charge is 2.09. The zero-order valence-electron chi connectivity index (χ0n) is 8.59. The van der Waals surface area contributed by atoms with Gasteiger partial charge < -0.3 is 4.74 Å². The van der Waals surface area contributed by atoms with E-state index in [0.29, 0.717) is 5.92 Å². The van der Waals surface area contributed by atoms with Crippen molar-refractivity contribution >= 4 is 5.97 Å². The maximum atomic E-state index is 10.6. The van der Waals surface area contributed by atoms with E-state index in [2.05, 4.69) is 13.8 Å². The fraction of sp³-hybridized carbons (Fsp3) is 0.900. The molecule has 2 nitrogen and oxygen atoms in total. The molecule has 0 aliphatic heterocycles. The quantitative estimate of drug-likeness (QED) is 0.596. The van der Waals surface area contributed by atoms with Gasteiger partial charge in [-0.1, -0.05) is 20.8 Å². The molecule has 0 rings (SSSR count). The lowest BCUT2D eigenvalue weighted by atomic mass is 10.0. The number of carbonyl (C=O) groups is 1. The fourth-order valence-corrected chi connectivity index (χ4v) is 1.10. The van der Waals surface area contributed by atoms with Gasteiger partial charge in [0.25, 0.3) is 0 Å². The molecule has 1 unspecified atom stereocenters. The van der Waals surface area contributed by atoms with Crippen molar-refractivity contribution < 1.29 is 9.53 Å². The van der Waals surface area contributed by atoms with Crippen LogP contribution >= 0.6 is 0 Å². The average molecular weight is 172 g/mol. The summed E-state index contributed by atoms with van der Waals surface area (Å²) in [4.78, 5) is 10.6. The minimum absolute atomic E-state index is 0.130. The first kappa shape index (κ1) is 11.5. The molecule has 0 saturated carbocycles. The Morgan fingerprint density at radius 3 is 2.25 bits per heavy atom. The van der Waals surface area contributed by atoms with Gasteiger partial charge in [-0.05, 0) is 25.2 Å². The summed E-state index contributed by atoms with van der Waals surface area (Å²) >= 11 is 0. The summed E-state index contributed by atoms with van der Waals surface area (Å²) in [6, 6.07) is 0. The van der Waals surface area contributed by atoms with E-state index < -0.39 is 0 Å². The van der Waals surface area contributed by atoms with Crippen molar-refractivity contribution in [3.8, 4) is 0 Å². The number of ether oxygens (including phenoxy) is 1. The molecule has 0 N–H and O–H groups in total. The normalized spacial score (nSPS) is 13.1. The van der Waals surface area contributed by atoms with Crippen molar-refractivity contribution in [3.05, 3.63) is 0 Å². The summed E-state index contributed by atoms with van der Waals surface area (Å²) in [6.45, 7) is 7.88. The van der Waals surface area contributed by atoms with E-state index in [4.69, 9.17) is 4.74 Å². The van der Waals surface area contributed by atoms with Gasteiger partial charge >= 0.3 is 5.97 Å². The number of carbonyl (C=O) groups excluding carboxylic acids is 1. The summed E-state index contributed by atoms with van der Waals surface area (Å²) in [5, 5.41) is 0.